The molecule has 2 atom stereocenters. The van der Waals surface area contributed by atoms with E-state index in [0.717, 1.165) is 38.8 Å². The number of hydrogen-bond acceptors (Lipinski definition) is 3. The van der Waals surface area contributed by atoms with Crippen molar-refractivity contribution >= 4 is 0 Å². The van der Waals surface area contributed by atoms with Gasteiger partial charge in [0.2, 0.25) is 0 Å². The smallest absolute Gasteiger partial charge is 0.0809 e. The van der Waals surface area contributed by atoms with Crippen molar-refractivity contribution in [3.05, 3.63) is 0 Å². The molecule has 0 amide bonds. The van der Waals surface area contributed by atoms with E-state index < -0.39 is 0 Å². The van der Waals surface area contributed by atoms with Gasteiger partial charge >= 0.3 is 0 Å². The molecule has 1 aliphatic carbocycles. The first-order valence-electron chi connectivity index (χ1n) is 7.58. The Morgan fingerprint density at radius 1 is 1.33 bits per heavy atom. The first-order chi connectivity index (χ1) is 8.66. The molecule has 0 aromatic heterocycles. The monoisotopic (exact) mass is 255 g/mol. The van der Waals surface area contributed by atoms with Crippen molar-refractivity contribution < 1.29 is 9.47 Å². The Morgan fingerprint density at radius 3 is 2.89 bits per heavy atom. The third kappa shape index (κ3) is 4.87. The third-order valence-corrected chi connectivity index (χ3v) is 4.19. The minimum Gasteiger partial charge on any atom is -0.379 e. The number of rotatable bonds is 7. The average Bonchev–Trinajstić information content (AvgIpc) is 2.93. The van der Waals surface area contributed by atoms with Crippen LogP contribution in [0.5, 0.6) is 0 Å². The molecule has 0 radical (unpaired) electrons. The molecule has 0 aromatic rings. The summed E-state index contributed by atoms with van der Waals surface area (Å²) in [6.45, 7) is 8.41. The van der Waals surface area contributed by atoms with Crippen LogP contribution in [0.2, 0.25) is 0 Å². The maximum Gasteiger partial charge on any atom is 0.0809 e. The highest BCUT2D eigenvalue weighted by molar-refractivity contribution is 4.86. The van der Waals surface area contributed by atoms with Crippen molar-refractivity contribution in [3.63, 3.8) is 0 Å². The van der Waals surface area contributed by atoms with E-state index in [0.29, 0.717) is 11.5 Å². The molecule has 2 fully saturated rings. The van der Waals surface area contributed by atoms with Crippen molar-refractivity contribution in [1.29, 1.82) is 0 Å². The lowest BCUT2D eigenvalue weighted by atomic mass is 9.92. The van der Waals surface area contributed by atoms with Gasteiger partial charge in [-0.15, -0.1) is 0 Å². The van der Waals surface area contributed by atoms with E-state index in [2.05, 4.69) is 19.2 Å². The third-order valence-electron chi connectivity index (χ3n) is 4.19. The molecule has 1 saturated carbocycles. The summed E-state index contributed by atoms with van der Waals surface area (Å²) >= 11 is 0. The summed E-state index contributed by atoms with van der Waals surface area (Å²) in [5.74, 6) is 0. The molecule has 106 valence electrons. The van der Waals surface area contributed by atoms with Crippen molar-refractivity contribution in [1.82, 2.24) is 5.32 Å². The quantitative estimate of drug-likeness (QED) is 0.710. The fourth-order valence-electron chi connectivity index (χ4n) is 3.08. The summed E-state index contributed by atoms with van der Waals surface area (Å²) in [4.78, 5) is 0. The number of nitrogens with one attached hydrogen (secondary N) is 1. The zero-order valence-corrected chi connectivity index (χ0v) is 12.0. The van der Waals surface area contributed by atoms with Gasteiger partial charge in [0, 0.05) is 19.3 Å². The van der Waals surface area contributed by atoms with Crippen LogP contribution in [0, 0.1) is 5.41 Å². The maximum atomic E-state index is 5.66. The first-order valence-corrected chi connectivity index (χ1v) is 7.58. The molecule has 0 bridgehead atoms. The van der Waals surface area contributed by atoms with Gasteiger partial charge in [0.15, 0.2) is 0 Å². The zero-order valence-electron chi connectivity index (χ0n) is 12.0. The molecule has 1 N–H and O–H groups in total. The number of ether oxygens (including phenoxy) is 2. The molecule has 2 aliphatic rings. The van der Waals surface area contributed by atoms with Crippen LogP contribution in [-0.2, 0) is 9.47 Å². The van der Waals surface area contributed by atoms with Gasteiger partial charge in [0.05, 0.1) is 12.7 Å². The topological polar surface area (TPSA) is 30.5 Å². The molecule has 1 aliphatic heterocycles. The number of hydrogen-bond donors (Lipinski definition) is 1. The van der Waals surface area contributed by atoms with Crippen molar-refractivity contribution in [3.8, 4) is 0 Å². The van der Waals surface area contributed by atoms with E-state index in [1.54, 1.807) is 0 Å². The van der Waals surface area contributed by atoms with E-state index in [9.17, 15) is 0 Å². The second kappa shape index (κ2) is 6.88. The van der Waals surface area contributed by atoms with Crippen LogP contribution in [0.1, 0.15) is 52.4 Å². The second-order valence-electron chi connectivity index (χ2n) is 6.62. The van der Waals surface area contributed by atoms with Crippen LogP contribution in [-0.4, -0.2) is 38.5 Å². The van der Waals surface area contributed by atoms with Crippen molar-refractivity contribution in [2.75, 3.05) is 26.4 Å². The fraction of sp³-hybridized carbons (Fsp3) is 1.00. The SMILES string of the molecule is CC1(C)CCC(NCCCOCC2CCCO2)C1. The second-order valence-corrected chi connectivity index (χ2v) is 6.62. The van der Waals surface area contributed by atoms with E-state index in [-0.39, 0.29) is 0 Å². The van der Waals surface area contributed by atoms with Gasteiger partial charge in [-0.2, -0.15) is 0 Å². The largest absolute Gasteiger partial charge is 0.379 e. The average molecular weight is 255 g/mol. The van der Waals surface area contributed by atoms with E-state index in [1.165, 1.54) is 32.1 Å². The molecule has 0 aromatic carbocycles. The minimum atomic E-state index is 0.369. The standard InChI is InChI=1S/C15H29NO2/c1-15(2)7-6-13(11-15)16-8-4-9-17-12-14-5-3-10-18-14/h13-14,16H,3-12H2,1-2H3. The predicted molar refractivity (Wildman–Crippen MR) is 73.8 cm³/mol. The summed E-state index contributed by atoms with van der Waals surface area (Å²) in [7, 11) is 0. The summed E-state index contributed by atoms with van der Waals surface area (Å²) in [6, 6.07) is 0.734. The minimum absolute atomic E-state index is 0.369. The van der Waals surface area contributed by atoms with Crippen LogP contribution in [0.4, 0.5) is 0 Å². The van der Waals surface area contributed by atoms with Gasteiger partial charge in [0.25, 0.3) is 0 Å². The Kier molecular flexibility index (Phi) is 5.46. The van der Waals surface area contributed by atoms with Crippen LogP contribution in [0.25, 0.3) is 0 Å². The lowest BCUT2D eigenvalue weighted by molar-refractivity contribution is 0.0165. The Balaban J connectivity index is 1.42. The van der Waals surface area contributed by atoms with Gasteiger partial charge in [-0.25, -0.2) is 0 Å². The van der Waals surface area contributed by atoms with E-state index in [1.807, 2.05) is 0 Å². The summed E-state index contributed by atoms with van der Waals surface area (Å²) < 4.78 is 11.2. The molecule has 3 nitrogen and oxygen atoms in total. The molecule has 3 heteroatoms. The summed E-state index contributed by atoms with van der Waals surface area (Å²) in [5.41, 5.74) is 0.550. The Labute approximate surface area is 112 Å². The summed E-state index contributed by atoms with van der Waals surface area (Å²) in [5, 5.41) is 3.65. The van der Waals surface area contributed by atoms with Gasteiger partial charge in [-0.3, -0.25) is 0 Å². The van der Waals surface area contributed by atoms with Crippen molar-refractivity contribution in [2.45, 2.75) is 64.5 Å². The molecular weight excluding hydrogens is 226 g/mol. The van der Waals surface area contributed by atoms with E-state index in [4.69, 9.17) is 9.47 Å². The lowest BCUT2D eigenvalue weighted by Crippen LogP contribution is -2.29. The zero-order chi connectivity index (χ0) is 12.8. The maximum absolute atomic E-state index is 5.66. The highest BCUT2D eigenvalue weighted by Crippen LogP contribution is 2.36. The normalized spacial score (nSPS) is 31.0. The molecule has 1 heterocycles. The summed E-state index contributed by atoms with van der Waals surface area (Å²) in [6.07, 6.45) is 7.88. The Hall–Kier alpha value is -0.120. The van der Waals surface area contributed by atoms with E-state index >= 15 is 0 Å². The van der Waals surface area contributed by atoms with Crippen LogP contribution in [0.3, 0.4) is 0 Å². The molecule has 1 saturated heterocycles. The van der Waals surface area contributed by atoms with Crippen LogP contribution < -0.4 is 5.32 Å². The Morgan fingerprint density at radius 2 is 2.22 bits per heavy atom. The molecule has 2 rings (SSSR count). The lowest BCUT2D eigenvalue weighted by Gasteiger charge is -2.18. The molecule has 0 spiro atoms. The van der Waals surface area contributed by atoms with Crippen LogP contribution >= 0.6 is 0 Å². The highest BCUT2D eigenvalue weighted by atomic mass is 16.5. The predicted octanol–water partition coefficient (Wildman–Crippen LogP) is 2.74. The van der Waals surface area contributed by atoms with Gasteiger partial charge < -0.3 is 14.8 Å². The van der Waals surface area contributed by atoms with Crippen LogP contribution in [0.15, 0.2) is 0 Å². The Bertz CT molecular complexity index is 237. The van der Waals surface area contributed by atoms with Gasteiger partial charge in [-0.1, -0.05) is 13.8 Å². The van der Waals surface area contributed by atoms with Gasteiger partial charge in [-0.05, 0) is 50.5 Å². The highest BCUT2D eigenvalue weighted by Gasteiger charge is 2.30. The fourth-order valence-corrected chi connectivity index (χ4v) is 3.08. The van der Waals surface area contributed by atoms with Gasteiger partial charge in [0.1, 0.15) is 0 Å². The molecule has 18 heavy (non-hydrogen) atoms. The van der Waals surface area contributed by atoms with Crippen molar-refractivity contribution in [2.24, 2.45) is 5.41 Å². The molecular formula is C15H29NO2. The first kappa shape index (κ1) is 14.3. The molecule has 2 unspecified atom stereocenters.